The largest absolute Gasteiger partial charge is 0.506 e. The average molecular weight is 310 g/mol. The number of hydrogen-bond acceptors (Lipinski definition) is 3. The Labute approximate surface area is 130 Å². The number of benzene rings is 1. The molecule has 0 aliphatic rings. The first kappa shape index (κ1) is 14.6. The molecule has 0 aliphatic heterocycles. The van der Waals surface area contributed by atoms with Crippen LogP contribution in [0.3, 0.4) is 0 Å². The Kier molecular flexibility index (Phi) is 3.29. The first-order chi connectivity index (χ1) is 10.9. The zero-order valence-electron chi connectivity index (χ0n) is 12.3. The van der Waals surface area contributed by atoms with Crippen molar-refractivity contribution in [2.24, 2.45) is 7.05 Å². The number of aromatic nitrogens is 2. The smallest absolute Gasteiger partial charge is 0.345 e. The monoisotopic (exact) mass is 310 g/mol. The maximum atomic E-state index is 12.0. The minimum Gasteiger partial charge on any atom is -0.506 e. The van der Waals surface area contributed by atoms with Crippen molar-refractivity contribution in [3.05, 3.63) is 58.5 Å². The van der Waals surface area contributed by atoms with Crippen LogP contribution in [0.1, 0.15) is 15.9 Å². The predicted molar refractivity (Wildman–Crippen MR) is 87.7 cm³/mol. The molecule has 0 spiro atoms. The number of aromatic amines is 1. The fourth-order valence-electron chi connectivity index (χ4n) is 2.67. The van der Waals surface area contributed by atoms with E-state index in [9.17, 15) is 14.7 Å². The van der Waals surface area contributed by atoms with E-state index in [0.717, 1.165) is 10.9 Å². The van der Waals surface area contributed by atoms with Crippen LogP contribution in [0, 0.1) is 0 Å². The third kappa shape index (κ3) is 2.20. The van der Waals surface area contributed by atoms with Gasteiger partial charge >= 0.3 is 5.97 Å². The first-order valence-electron chi connectivity index (χ1n) is 6.84. The van der Waals surface area contributed by atoms with Gasteiger partial charge in [-0.25, -0.2) is 4.79 Å². The lowest BCUT2D eigenvalue weighted by atomic mass is 10.0. The number of carbonyl (C=O) groups is 1. The molecule has 0 atom stereocenters. The van der Waals surface area contributed by atoms with Crippen molar-refractivity contribution in [3.63, 3.8) is 0 Å². The number of aromatic carboxylic acids is 1. The number of rotatable bonds is 3. The second-order valence-corrected chi connectivity index (χ2v) is 5.18. The molecule has 0 saturated carbocycles. The lowest BCUT2D eigenvalue weighted by molar-refractivity contribution is 0.0691. The van der Waals surface area contributed by atoms with Gasteiger partial charge in [-0.05, 0) is 23.8 Å². The summed E-state index contributed by atoms with van der Waals surface area (Å²) in [6.07, 6.45) is 3.23. The summed E-state index contributed by atoms with van der Waals surface area (Å²) in [5.41, 5.74) is 0.634. The van der Waals surface area contributed by atoms with E-state index in [-0.39, 0.29) is 5.56 Å². The molecule has 0 radical (unpaired) electrons. The number of nitrogens with zero attached hydrogens (tertiary/aromatic N) is 1. The molecule has 6 nitrogen and oxygen atoms in total. The second kappa shape index (κ2) is 5.17. The molecule has 2 heterocycles. The fraction of sp³-hybridized carbons (Fsp3) is 0.0588. The van der Waals surface area contributed by atoms with Gasteiger partial charge in [0.05, 0.1) is 5.69 Å². The summed E-state index contributed by atoms with van der Waals surface area (Å²) < 4.78 is 1.96. The molecule has 0 unspecified atom stereocenters. The summed E-state index contributed by atoms with van der Waals surface area (Å²) >= 11 is 0. The van der Waals surface area contributed by atoms with Gasteiger partial charge in [0.25, 0.3) is 5.56 Å². The Morgan fingerprint density at radius 1 is 1.35 bits per heavy atom. The quantitative estimate of drug-likeness (QED) is 0.693. The Balaban J connectivity index is 2.31. The molecule has 0 amide bonds. The molecule has 3 N–H and O–H groups in total. The van der Waals surface area contributed by atoms with E-state index in [1.54, 1.807) is 6.07 Å². The Bertz CT molecular complexity index is 1010. The van der Waals surface area contributed by atoms with E-state index in [1.807, 2.05) is 36.0 Å². The molecule has 3 rings (SSSR count). The van der Waals surface area contributed by atoms with Gasteiger partial charge in [-0.2, -0.15) is 0 Å². The predicted octanol–water partition coefficient (Wildman–Crippen LogP) is 2.58. The molecular weight excluding hydrogens is 296 g/mol. The molecule has 0 fully saturated rings. The highest BCUT2D eigenvalue weighted by molar-refractivity contribution is 5.94. The number of aromatic hydroxyl groups is 1. The van der Waals surface area contributed by atoms with E-state index in [0.29, 0.717) is 11.3 Å². The maximum Gasteiger partial charge on any atom is 0.345 e. The van der Waals surface area contributed by atoms with Crippen LogP contribution in [0.5, 0.6) is 5.75 Å². The van der Waals surface area contributed by atoms with Crippen molar-refractivity contribution in [2.75, 3.05) is 0 Å². The van der Waals surface area contributed by atoms with Crippen LogP contribution in [0.25, 0.3) is 28.2 Å². The van der Waals surface area contributed by atoms with Crippen LogP contribution in [0.4, 0.5) is 0 Å². The van der Waals surface area contributed by atoms with Gasteiger partial charge in [0.1, 0.15) is 5.75 Å². The zero-order chi connectivity index (χ0) is 16.7. The van der Waals surface area contributed by atoms with Crippen molar-refractivity contribution in [3.8, 4) is 17.0 Å². The summed E-state index contributed by atoms with van der Waals surface area (Å²) in [6.45, 7) is 3.60. The topological polar surface area (TPSA) is 95.3 Å². The van der Waals surface area contributed by atoms with Gasteiger partial charge in [0, 0.05) is 29.7 Å². The van der Waals surface area contributed by atoms with Gasteiger partial charge in [-0.15, -0.1) is 0 Å². The number of carboxylic acid groups (broad SMARTS) is 1. The van der Waals surface area contributed by atoms with E-state index < -0.39 is 22.8 Å². The van der Waals surface area contributed by atoms with Crippen molar-refractivity contribution in [1.29, 1.82) is 0 Å². The van der Waals surface area contributed by atoms with Crippen molar-refractivity contribution in [2.45, 2.75) is 0 Å². The van der Waals surface area contributed by atoms with Crippen LogP contribution in [-0.2, 0) is 7.05 Å². The highest BCUT2D eigenvalue weighted by Gasteiger charge is 2.21. The number of aryl methyl sites for hydroxylation is 1. The third-order valence-corrected chi connectivity index (χ3v) is 3.82. The molecule has 0 bridgehead atoms. The number of pyridine rings is 1. The van der Waals surface area contributed by atoms with E-state index in [1.165, 1.54) is 6.08 Å². The Morgan fingerprint density at radius 2 is 2.09 bits per heavy atom. The molecule has 6 heteroatoms. The molecular formula is C17H14N2O4. The summed E-state index contributed by atoms with van der Waals surface area (Å²) in [6, 6.07) is 7.46. The Hall–Kier alpha value is -3.28. The summed E-state index contributed by atoms with van der Waals surface area (Å²) in [5, 5.41) is 20.1. The third-order valence-electron chi connectivity index (χ3n) is 3.82. The second-order valence-electron chi connectivity index (χ2n) is 5.18. The highest BCUT2D eigenvalue weighted by atomic mass is 16.4. The molecule has 0 saturated heterocycles. The van der Waals surface area contributed by atoms with Crippen molar-refractivity contribution < 1.29 is 15.0 Å². The minimum absolute atomic E-state index is 0.178. The van der Waals surface area contributed by atoms with Crippen molar-refractivity contribution in [1.82, 2.24) is 9.55 Å². The number of fused-ring (bicyclic) bond motifs is 1. The standard InChI is InChI=1S/C17H14N2O4/c1-3-11-14(18-16(21)13(15(11)20)17(22)23)10-4-5-12-9(8-10)6-7-19(12)2/h3-8H,1H2,2H3,(H,22,23)(H2,18,20,21). The van der Waals surface area contributed by atoms with Crippen molar-refractivity contribution >= 4 is 22.9 Å². The van der Waals surface area contributed by atoms with Gasteiger partial charge < -0.3 is 19.8 Å². The zero-order valence-corrected chi connectivity index (χ0v) is 12.3. The number of nitrogens with one attached hydrogen (secondary N) is 1. The minimum atomic E-state index is -1.49. The SMILES string of the molecule is C=Cc1c(-c2ccc3c(ccn3C)c2)[nH]c(=O)c(C(=O)O)c1O. The molecule has 0 aliphatic carbocycles. The molecule has 1 aromatic carbocycles. The molecule has 3 aromatic rings. The molecule has 23 heavy (non-hydrogen) atoms. The lowest BCUT2D eigenvalue weighted by Gasteiger charge is -2.10. The maximum absolute atomic E-state index is 12.0. The van der Waals surface area contributed by atoms with E-state index in [4.69, 9.17) is 5.11 Å². The fourth-order valence-corrected chi connectivity index (χ4v) is 2.67. The van der Waals surface area contributed by atoms with Crippen LogP contribution < -0.4 is 5.56 Å². The summed E-state index contributed by atoms with van der Waals surface area (Å²) in [4.78, 5) is 25.6. The van der Waals surface area contributed by atoms with Crippen LogP contribution >= 0.6 is 0 Å². The molecule has 2 aromatic heterocycles. The van der Waals surface area contributed by atoms with E-state index >= 15 is 0 Å². The molecule has 116 valence electrons. The number of carboxylic acids is 1. The Morgan fingerprint density at radius 3 is 2.74 bits per heavy atom. The van der Waals surface area contributed by atoms with Crippen LogP contribution in [0.15, 0.2) is 41.8 Å². The van der Waals surface area contributed by atoms with Gasteiger partial charge in [-0.1, -0.05) is 18.7 Å². The van der Waals surface area contributed by atoms with Crippen LogP contribution in [-0.4, -0.2) is 25.7 Å². The van der Waals surface area contributed by atoms with E-state index in [2.05, 4.69) is 11.6 Å². The van der Waals surface area contributed by atoms with Gasteiger partial charge in [-0.3, -0.25) is 4.79 Å². The van der Waals surface area contributed by atoms with Crippen LogP contribution in [0.2, 0.25) is 0 Å². The van der Waals surface area contributed by atoms with Gasteiger partial charge in [0.15, 0.2) is 5.56 Å². The normalized spacial score (nSPS) is 10.8. The lowest BCUT2D eigenvalue weighted by Crippen LogP contribution is -2.19. The first-order valence-corrected chi connectivity index (χ1v) is 6.84. The summed E-state index contributed by atoms with van der Waals surface area (Å²) in [7, 11) is 1.92. The average Bonchev–Trinajstić information content (AvgIpc) is 2.87. The van der Waals surface area contributed by atoms with Gasteiger partial charge in [0.2, 0.25) is 0 Å². The number of hydrogen-bond donors (Lipinski definition) is 3. The number of H-pyrrole nitrogens is 1. The highest BCUT2D eigenvalue weighted by Crippen LogP contribution is 2.31. The summed E-state index contributed by atoms with van der Waals surface area (Å²) in [5.74, 6) is -2.07.